The Morgan fingerprint density at radius 2 is 1.94 bits per heavy atom. The minimum atomic E-state index is 0.309. The molecule has 3 heteroatoms. The molecule has 0 bridgehead atoms. The van der Waals surface area contributed by atoms with Crippen LogP contribution in [0.25, 0.3) is 0 Å². The van der Waals surface area contributed by atoms with Crippen molar-refractivity contribution in [1.29, 1.82) is 0 Å². The molecule has 2 aliphatic rings. The molecule has 1 aliphatic heterocycles. The highest BCUT2D eigenvalue weighted by molar-refractivity contribution is 4.84. The molecule has 2 rings (SSSR count). The van der Waals surface area contributed by atoms with E-state index in [1.807, 2.05) is 0 Å². The zero-order valence-electron chi connectivity index (χ0n) is 10.7. The number of hydroxylamine groups is 2. The smallest absolute Gasteiger partial charge is 0.0737 e. The van der Waals surface area contributed by atoms with Gasteiger partial charge in [0.1, 0.15) is 0 Å². The molecule has 1 atom stereocenters. The number of hydrogen-bond acceptors (Lipinski definition) is 3. The molecule has 94 valence electrons. The van der Waals surface area contributed by atoms with Gasteiger partial charge in [-0.05, 0) is 32.6 Å². The predicted octanol–water partition coefficient (Wildman–Crippen LogP) is 2.18. The summed E-state index contributed by atoms with van der Waals surface area (Å²) in [5.74, 6) is 0.847. The van der Waals surface area contributed by atoms with Crippen LogP contribution in [-0.2, 0) is 4.84 Å². The van der Waals surface area contributed by atoms with E-state index in [1.54, 1.807) is 0 Å². The van der Waals surface area contributed by atoms with Crippen molar-refractivity contribution < 1.29 is 4.84 Å². The van der Waals surface area contributed by atoms with Crippen LogP contribution in [0.1, 0.15) is 46.0 Å². The van der Waals surface area contributed by atoms with E-state index in [4.69, 9.17) is 4.84 Å². The van der Waals surface area contributed by atoms with Gasteiger partial charge in [0.15, 0.2) is 0 Å². The van der Waals surface area contributed by atoms with E-state index in [2.05, 4.69) is 24.2 Å². The van der Waals surface area contributed by atoms with E-state index in [0.717, 1.165) is 25.6 Å². The molecule has 1 unspecified atom stereocenters. The maximum absolute atomic E-state index is 5.95. The number of hydrogen-bond donors (Lipinski definition) is 1. The van der Waals surface area contributed by atoms with Crippen molar-refractivity contribution in [3.05, 3.63) is 0 Å². The highest BCUT2D eigenvalue weighted by atomic mass is 16.7. The maximum atomic E-state index is 5.95. The van der Waals surface area contributed by atoms with Gasteiger partial charge in [-0.15, -0.1) is 0 Å². The fourth-order valence-corrected chi connectivity index (χ4v) is 3.03. The largest absolute Gasteiger partial charge is 0.314 e. The Balaban J connectivity index is 1.92. The number of nitrogens with one attached hydrogen (secondary N) is 1. The third-order valence-electron chi connectivity index (χ3n) is 3.77. The fourth-order valence-electron chi connectivity index (χ4n) is 3.03. The van der Waals surface area contributed by atoms with E-state index in [0.29, 0.717) is 12.1 Å². The molecule has 1 N–H and O–H groups in total. The second-order valence-corrected chi connectivity index (χ2v) is 5.46. The van der Waals surface area contributed by atoms with Crippen LogP contribution in [0.3, 0.4) is 0 Å². The molecule has 0 aromatic heterocycles. The first kappa shape index (κ1) is 12.3. The molecular formula is C13H26N2O. The van der Waals surface area contributed by atoms with Gasteiger partial charge in [0, 0.05) is 19.6 Å². The van der Waals surface area contributed by atoms with Crippen molar-refractivity contribution in [2.45, 2.75) is 58.1 Å². The third kappa shape index (κ3) is 3.19. The second-order valence-electron chi connectivity index (χ2n) is 5.46. The van der Waals surface area contributed by atoms with Crippen molar-refractivity contribution in [2.24, 2.45) is 5.92 Å². The normalized spacial score (nSPS) is 29.8. The minimum absolute atomic E-state index is 0.309. The Bertz CT molecular complexity index is 202. The Kier molecular flexibility index (Phi) is 4.62. The van der Waals surface area contributed by atoms with E-state index in [-0.39, 0.29) is 0 Å². The topological polar surface area (TPSA) is 24.5 Å². The van der Waals surface area contributed by atoms with E-state index >= 15 is 0 Å². The van der Waals surface area contributed by atoms with Gasteiger partial charge in [-0.2, -0.15) is 5.06 Å². The molecule has 0 spiro atoms. The summed E-state index contributed by atoms with van der Waals surface area (Å²) in [6.07, 6.45) is 7.35. The molecule has 0 aromatic rings. The standard InChI is InChI=1S/C13H26N2O/c1-11(2)16-15-9-8-14-10-13(15)12-6-4-3-5-7-12/h11-14H,3-10H2,1-2H3. The summed E-state index contributed by atoms with van der Waals surface area (Å²) >= 11 is 0. The number of piperazine rings is 1. The van der Waals surface area contributed by atoms with Crippen molar-refractivity contribution in [2.75, 3.05) is 19.6 Å². The zero-order valence-corrected chi connectivity index (χ0v) is 10.7. The Labute approximate surface area is 99.5 Å². The monoisotopic (exact) mass is 226 g/mol. The quantitative estimate of drug-likeness (QED) is 0.798. The fraction of sp³-hybridized carbons (Fsp3) is 1.00. The van der Waals surface area contributed by atoms with Crippen molar-refractivity contribution >= 4 is 0 Å². The lowest BCUT2D eigenvalue weighted by molar-refractivity contribution is -0.229. The minimum Gasteiger partial charge on any atom is -0.314 e. The van der Waals surface area contributed by atoms with Crippen molar-refractivity contribution in [3.8, 4) is 0 Å². The summed E-state index contributed by atoms with van der Waals surface area (Å²) in [5, 5.41) is 5.77. The van der Waals surface area contributed by atoms with Gasteiger partial charge in [0.2, 0.25) is 0 Å². The van der Waals surface area contributed by atoms with Crippen LogP contribution in [-0.4, -0.2) is 36.8 Å². The molecular weight excluding hydrogens is 200 g/mol. The molecule has 3 nitrogen and oxygen atoms in total. The van der Waals surface area contributed by atoms with Gasteiger partial charge in [-0.1, -0.05) is 19.3 Å². The lowest BCUT2D eigenvalue weighted by atomic mass is 9.83. The highest BCUT2D eigenvalue weighted by Gasteiger charge is 2.31. The van der Waals surface area contributed by atoms with Crippen molar-refractivity contribution in [3.63, 3.8) is 0 Å². The molecule has 1 heterocycles. The van der Waals surface area contributed by atoms with Crippen LogP contribution in [0, 0.1) is 5.92 Å². The average molecular weight is 226 g/mol. The molecule has 2 fully saturated rings. The highest BCUT2D eigenvalue weighted by Crippen LogP contribution is 2.29. The van der Waals surface area contributed by atoms with E-state index in [9.17, 15) is 0 Å². The summed E-state index contributed by atoms with van der Waals surface area (Å²) in [4.78, 5) is 5.95. The number of nitrogens with zero attached hydrogens (tertiary/aromatic N) is 1. The molecule has 1 aliphatic carbocycles. The first-order valence-corrected chi connectivity index (χ1v) is 6.91. The summed E-state index contributed by atoms with van der Waals surface area (Å²) in [7, 11) is 0. The molecule has 16 heavy (non-hydrogen) atoms. The summed E-state index contributed by atoms with van der Waals surface area (Å²) in [6, 6.07) is 0.608. The average Bonchev–Trinajstić information content (AvgIpc) is 2.30. The van der Waals surface area contributed by atoms with E-state index in [1.165, 1.54) is 32.1 Å². The van der Waals surface area contributed by atoms with E-state index < -0.39 is 0 Å². The van der Waals surface area contributed by atoms with Gasteiger partial charge < -0.3 is 5.32 Å². The Hall–Kier alpha value is -0.120. The first-order valence-electron chi connectivity index (χ1n) is 6.91. The Morgan fingerprint density at radius 1 is 1.19 bits per heavy atom. The van der Waals surface area contributed by atoms with Gasteiger partial charge in [-0.3, -0.25) is 4.84 Å². The summed E-state index contributed by atoms with van der Waals surface area (Å²) in [6.45, 7) is 7.46. The van der Waals surface area contributed by atoms with Crippen LogP contribution in [0.4, 0.5) is 0 Å². The van der Waals surface area contributed by atoms with Gasteiger partial charge in [0.25, 0.3) is 0 Å². The summed E-state index contributed by atoms with van der Waals surface area (Å²) in [5.41, 5.74) is 0. The van der Waals surface area contributed by atoms with Crippen LogP contribution in [0.5, 0.6) is 0 Å². The first-order chi connectivity index (χ1) is 7.77. The SMILES string of the molecule is CC(C)ON1CCNCC1C1CCCCC1. The van der Waals surface area contributed by atoms with Crippen LogP contribution >= 0.6 is 0 Å². The van der Waals surface area contributed by atoms with Crippen LogP contribution in [0.15, 0.2) is 0 Å². The molecule has 1 saturated heterocycles. The zero-order chi connectivity index (χ0) is 11.4. The van der Waals surface area contributed by atoms with Crippen LogP contribution in [0.2, 0.25) is 0 Å². The third-order valence-corrected chi connectivity index (χ3v) is 3.77. The second kappa shape index (κ2) is 5.99. The summed E-state index contributed by atoms with van der Waals surface area (Å²) < 4.78 is 0. The molecule has 0 radical (unpaired) electrons. The van der Waals surface area contributed by atoms with Crippen molar-refractivity contribution in [1.82, 2.24) is 10.4 Å². The predicted molar refractivity (Wildman–Crippen MR) is 66.2 cm³/mol. The molecule has 0 aromatic carbocycles. The van der Waals surface area contributed by atoms with Gasteiger partial charge in [0.05, 0.1) is 12.1 Å². The van der Waals surface area contributed by atoms with Gasteiger partial charge >= 0.3 is 0 Å². The molecule has 0 amide bonds. The Morgan fingerprint density at radius 3 is 2.62 bits per heavy atom. The lowest BCUT2D eigenvalue weighted by Crippen LogP contribution is -2.55. The lowest BCUT2D eigenvalue weighted by Gasteiger charge is -2.41. The maximum Gasteiger partial charge on any atom is 0.0737 e. The van der Waals surface area contributed by atoms with Gasteiger partial charge in [-0.25, -0.2) is 0 Å². The number of rotatable bonds is 3. The molecule has 1 saturated carbocycles. The van der Waals surface area contributed by atoms with Crippen LogP contribution < -0.4 is 5.32 Å².